The zero-order chi connectivity index (χ0) is 12.0. The van der Waals surface area contributed by atoms with Gasteiger partial charge in [0, 0.05) is 6.04 Å². The minimum absolute atomic E-state index is 0.439. The molecule has 0 aliphatic heterocycles. The van der Waals surface area contributed by atoms with Gasteiger partial charge in [-0.25, -0.2) is 0 Å². The van der Waals surface area contributed by atoms with Crippen LogP contribution in [0.25, 0.3) is 0 Å². The summed E-state index contributed by atoms with van der Waals surface area (Å²) < 4.78 is 0. The molecular weight excluding hydrogens is 196 g/mol. The zero-order valence-corrected chi connectivity index (χ0v) is 11.4. The van der Waals surface area contributed by atoms with Crippen molar-refractivity contribution in [2.75, 3.05) is 0 Å². The number of hydrogen-bond acceptors (Lipinski definition) is 2. The van der Waals surface area contributed by atoms with Gasteiger partial charge in [0.15, 0.2) is 0 Å². The summed E-state index contributed by atoms with van der Waals surface area (Å²) in [5, 5.41) is 0. The lowest BCUT2D eigenvalue weighted by Crippen LogP contribution is -2.48. The fourth-order valence-corrected chi connectivity index (χ4v) is 3.27. The molecule has 1 fully saturated rings. The van der Waals surface area contributed by atoms with E-state index in [0.29, 0.717) is 11.5 Å². The largest absolute Gasteiger partial charge is 0.271 e. The summed E-state index contributed by atoms with van der Waals surface area (Å²) in [4.78, 5) is 0. The van der Waals surface area contributed by atoms with E-state index in [1.807, 2.05) is 0 Å². The normalized spacial score (nSPS) is 24.0. The lowest BCUT2D eigenvalue weighted by atomic mass is 9.68. The first-order chi connectivity index (χ1) is 7.62. The molecule has 16 heavy (non-hydrogen) atoms. The molecule has 0 radical (unpaired) electrons. The van der Waals surface area contributed by atoms with Crippen LogP contribution in [0.15, 0.2) is 0 Å². The van der Waals surface area contributed by atoms with Crippen molar-refractivity contribution in [3.05, 3.63) is 0 Å². The Kier molecular flexibility index (Phi) is 5.77. The van der Waals surface area contributed by atoms with Crippen LogP contribution < -0.4 is 11.3 Å². The number of nitrogens with one attached hydrogen (secondary N) is 1. The van der Waals surface area contributed by atoms with E-state index in [0.717, 1.165) is 5.92 Å². The molecule has 2 atom stereocenters. The highest BCUT2D eigenvalue weighted by atomic mass is 15.2. The first-order valence-corrected chi connectivity index (χ1v) is 7.08. The first-order valence-electron chi connectivity index (χ1n) is 7.08. The molecule has 2 unspecified atom stereocenters. The third-order valence-electron chi connectivity index (χ3n) is 4.46. The van der Waals surface area contributed by atoms with Gasteiger partial charge >= 0.3 is 0 Å². The second-order valence-electron chi connectivity index (χ2n) is 6.06. The molecule has 1 rings (SSSR count). The molecule has 0 aromatic carbocycles. The first kappa shape index (κ1) is 14.0. The monoisotopic (exact) mass is 226 g/mol. The maximum atomic E-state index is 5.78. The molecule has 0 saturated heterocycles. The van der Waals surface area contributed by atoms with Crippen LogP contribution in [-0.2, 0) is 0 Å². The Morgan fingerprint density at radius 2 is 1.88 bits per heavy atom. The van der Waals surface area contributed by atoms with E-state index in [-0.39, 0.29) is 0 Å². The van der Waals surface area contributed by atoms with E-state index in [4.69, 9.17) is 5.84 Å². The van der Waals surface area contributed by atoms with Gasteiger partial charge in [0.25, 0.3) is 0 Å². The topological polar surface area (TPSA) is 38.0 Å². The molecule has 0 spiro atoms. The molecule has 0 heterocycles. The van der Waals surface area contributed by atoms with Gasteiger partial charge in [-0.2, -0.15) is 0 Å². The third-order valence-corrected chi connectivity index (χ3v) is 4.46. The van der Waals surface area contributed by atoms with Gasteiger partial charge < -0.3 is 0 Å². The average Bonchev–Trinajstić information content (AvgIpc) is 2.27. The molecule has 0 bridgehead atoms. The van der Waals surface area contributed by atoms with Gasteiger partial charge in [0.1, 0.15) is 0 Å². The lowest BCUT2D eigenvalue weighted by molar-refractivity contribution is 0.125. The van der Waals surface area contributed by atoms with Crippen LogP contribution in [0.5, 0.6) is 0 Å². The Bertz CT molecular complexity index is 185. The highest BCUT2D eigenvalue weighted by Crippen LogP contribution is 2.40. The molecule has 3 N–H and O–H groups in total. The number of rotatable bonds is 6. The van der Waals surface area contributed by atoms with E-state index in [1.165, 1.54) is 51.4 Å². The highest BCUT2D eigenvalue weighted by molar-refractivity contribution is 4.89. The Morgan fingerprint density at radius 3 is 2.38 bits per heavy atom. The van der Waals surface area contributed by atoms with E-state index >= 15 is 0 Å². The van der Waals surface area contributed by atoms with Crippen LogP contribution in [0.4, 0.5) is 0 Å². The minimum atomic E-state index is 0.439. The van der Waals surface area contributed by atoms with Crippen LogP contribution in [-0.4, -0.2) is 6.04 Å². The van der Waals surface area contributed by atoms with Crippen molar-refractivity contribution in [1.82, 2.24) is 5.43 Å². The number of hydrazine groups is 1. The maximum absolute atomic E-state index is 5.78. The van der Waals surface area contributed by atoms with Crippen molar-refractivity contribution < 1.29 is 0 Å². The van der Waals surface area contributed by atoms with Crippen LogP contribution in [0, 0.1) is 11.3 Å². The standard InChI is InChI=1S/C14H30N2/c1-4-8-12(2)11-13(16-15)14(3)9-6-5-7-10-14/h12-13,16H,4-11,15H2,1-3H3. The molecule has 2 heteroatoms. The van der Waals surface area contributed by atoms with Gasteiger partial charge in [-0.3, -0.25) is 11.3 Å². The summed E-state index contributed by atoms with van der Waals surface area (Å²) in [6, 6.07) is 0.509. The Labute approximate surface area is 101 Å². The summed E-state index contributed by atoms with van der Waals surface area (Å²) in [5.74, 6) is 6.58. The molecule has 0 aromatic rings. The molecule has 2 nitrogen and oxygen atoms in total. The summed E-state index contributed by atoms with van der Waals surface area (Å²) in [5.41, 5.74) is 3.54. The molecule has 1 aliphatic rings. The number of hydrogen-bond donors (Lipinski definition) is 2. The summed E-state index contributed by atoms with van der Waals surface area (Å²) in [7, 11) is 0. The third kappa shape index (κ3) is 3.74. The SMILES string of the molecule is CCCC(C)CC(NN)C1(C)CCCCC1. The molecule has 1 aliphatic carbocycles. The van der Waals surface area contributed by atoms with Gasteiger partial charge in [-0.05, 0) is 30.6 Å². The van der Waals surface area contributed by atoms with Crippen molar-refractivity contribution >= 4 is 0 Å². The van der Waals surface area contributed by atoms with E-state index in [2.05, 4.69) is 26.2 Å². The fourth-order valence-electron chi connectivity index (χ4n) is 3.27. The molecule has 96 valence electrons. The van der Waals surface area contributed by atoms with Gasteiger partial charge in [0.05, 0.1) is 0 Å². The van der Waals surface area contributed by atoms with Gasteiger partial charge in [-0.1, -0.05) is 52.9 Å². The molecule has 1 saturated carbocycles. The molecular formula is C14H30N2. The van der Waals surface area contributed by atoms with Crippen molar-refractivity contribution in [1.29, 1.82) is 0 Å². The zero-order valence-electron chi connectivity index (χ0n) is 11.4. The Balaban J connectivity index is 2.51. The van der Waals surface area contributed by atoms with Crippen LogP contribution in [0.1, 0.15) is 72.1 Å². The lowest BCUT2D eigenvalue weighted by Gasteiger charge is -2.41. The quantitative estimate of drug-likeness (QED) is 0.536. The predicted molar refractivity (Wildman–Crippen MR) is 71.0 cm³/mol. The summed E-state index contributed by atoms with van der Waals surface area (Å²) in [6.45, 7) is 7.05. The Hall–Kier alpha value is -0.0800. The van der Waals surface area contributed by atoms with Crippen LogP contribution in [0.2, 0.25) is 0 Å². The van der Waals surface area contributed by atoms with Gasteiger partial charge in [-0.15, -0.1) is 0 Å². The Morgan fingerprint density at radius 1 is 1.25 bits per heavy atom. The van der Waals surface area contributed by atoms with Crippen molar-refractivity contribution in [3.8, 4) is 0 Å². The maximum Gasteiger partial charge on any atom is 0.0266 e. The van der Waals surface area contributed by atoms with E-state index < -0.39 is 0 Å². The smallest absolute Gasteiger partial charge is 0.0266 e. The molecule has 0 amide bonds. The highest BCUT2D eigenvalue weighted by Gasteiger charge is 2.35. The molecule has 0 aromatic heterocycles. The van der Waals surface area contributed by atoms with Crippen molar-refractivity contribution in [3.63, 3.8) is 0 Å². The van der Waals surface area contributed by atoms with Crippen LogP contribution >= 0.6 is 0 Å². The summed E-state index contributed by atoms with van der Waals surface area (Å²) in [6.07, 6.45) is 10.7. The average molecular weight is 226 g/mol. The fraction of sp³-hybridized carbons (Fsp3) is 1.00. The van der Waals surface area contributed by atoms with Crippen LogP contribution in [0.3, 0.4) is 0 Å². The van der Waals surface area contributed by atoms with Gasteiger partial charge in [0.2, 0.25) is 0 Å². The van der Waals surface area contributed by atoms with Crippen molar-refractivity contribution in [2.24, 2.45) is 17.2 Å². The van der Waals surface area contributed by atoms with E-state index in [9.17, 15) is 0 Å². The minimum Gasteiger partial charge on any atom is -0.271 e. The van der Waals surface area contributed by atoms with Crippen molar-refractivity contribution in [2.45, 2.75) is 78.2 Å². The predicted octanol–water partition coefficient (Wildman–Crippen LogP) is 3.62. The second kappa shape index (κ2) is 6.61. The summed E-state index contributed by atoms with van der Waals surface area (Å²) >= 11 is 0. The van der Waals surface area contributed by atoms with E-state index in [1.54, 1.807) is 0 Å². The second-order valence-corrected chi connectivity index (χ2v) is 6.06. The number of nitrogens with two attached hydrogens (primary N) is 1.